The zero-order valence-corrected chi connectivity index (χ0v) is 13.6. The largest absolute Gasteiger partial charge is 0.338 e. The highest BCUT2D eigenvalue weighted by molar-refractivity contribution is 5.00. The SMILES string of the molecule is CC(C)(C)c1noc(CN2CCCCC2Cn2cncn2)n1. The van der Waals surface area contributed by atoms with Crippen molar-refractivity contribution in [1.29, 1.82) is 0 Å². The highest BCUT2D eigenvalue weighted by Crippen LogP contribution is 2.22. The fourth-order valence-electron chi connectivity index (χ4n) is 2.82. The highest BCUT2D eigenvalue weighted by atomic mass is 16.5. The summed E-state index contributed by atoms with van der Waals surface area (Å²) in [5.41, 5.74) is -0.0796. The molecule has 7 nitrogen and oxygen atoms in total. The summed E-state index contributed by atoms with van der Waals surface area (Å²) in [5.74, 6) is 1.47. The molecule has 1 unspecified atom stereocenters. The van der Waals surface area contributed by atoms with Gasteiger partial charge in [-0.2, -0.15) is 10.1 Å². The molecular formula is C15H24N6O. The first-order valence-corrected chi connectivity index (χ1v) is 7.92. The van der Waals surface area contributed by atoms with Crippen molar-refractivity contribution in [3.05, 3.63) is 24.4 Å². The van der Waals surface area contributed by atoms with Gasteiger partial charge in [0.15, 0.2) is 5.82 Å². The zero-order chi connectivity index (χ0) is 15.6. The Morgan fingerprint density at radius 1 is 1.32 bits per heavy atom. The minimum Gasteiger partial charge on any atom is -0.338 e. The molecule has 2 aromatic heterocycles. The Kier molecular flexibility index (Phi) is 4.24. The van der Waals surface area contributed by atoms with Crippen LogP contribution in [0.2, 0.25) is 0 Å². The Balaban J connectivity index is 1.67. The average molecular weight is 304 g/mol. The van der Waals surface area contributed by atoms with Gasteiger partial charge in [-0.05, 0) is 19.4 Å². The Morgan fingerprint density at radius 3 is 2.86 bits per heavy atom. The molecule has 0 aliphatic carbocycles. The molecule has 2 aromatic rings. The maximum absolute atomic E-state index is 5.44. The molecule has 0 aromatic carbocycles. The van der Waals surface area contributed by atoms with Crippen LogP contribution in [0.25, 0.3) is 0 Å². The van der Waals surface area contributed by atoms with Crippen molar-refractivity contribution in [2.45, 2.75) is 64.6 Å². The Morgan fingerprint density at radius 2 is 2.18 bits per heavy atom. The molecular weight excluding hydrogens is 280 g/mol. The van der Waals surface area contributed by atoms with E-state index < -0.39 is 0 Å². The standard InChI is InChI=1S/C15H24N6O/c1-15(2,3)14-18-13(22-19-14)9-20-7-5-4-6-12(20)8-21-11-16-10-17-21/h10-12H,4-9H2,1-3H3. The molecule has 0 N–H and O–H groups in total. The van der Waals surface area contributed by atoms with Crippen LogP contribution in [-0.4, -0.2) is 42.4 Å². The van der Waals surface area contributed by atoms with Crippen LogP contribution < -0.4 is 0 Å². The fraction of sp³-hybridized carbons (Fsp3) is 0.733. The summed E-state index contributed by atoms with van der Waals surface area (Å²) in [6.45, 7) is 8.91. The van der Waals surface area contributed by atoms with E-state index in [9.17, 15) is 0 Å². The number of piperidine rings is 1. The van der Waals surface area contributed by atoms with Gasteiger partial charge in [-0.3, -0.25) is 9.58 Å². The van der Waals surface area contributed by atoms with Gasteiger partial charge in [0, 0.05) is 11.5 Å². The molecule has 0 amide bonds. The van der Waals surface area contributed by atoms with Crippen molar-refractivity contribution < 1.29 is 4.52 Å². The minimum atomic E-state index is -0.0796. The molecule has 1 atom stereocenters. The van der Waals surface area contributed by atoms with Gasteiger partial charge in [0.1, 0.15) is 12.7 Å². The van der Waals surface area contributed by atoms with Crippen molar-refractivity contribution in [3.63, 3.8) is 0 Å². The lowest BCUT2D eigenvalue weighted by Gasteiger charge is -2.34. The van der Waals surface area contributed by atoms with E-state index in [-0.39, 0.29) is 5.41 Å². The van der Waals surface area contributed by atoms with E-state index in [0.717, 1.165) is 18.9 Å². The molecule has 1 saturated heterocycles. The van der Waals surface area contributed by atoms with Gasteiger partial charge in [-0.25, -0.2) is 4.98 Å². The van der Waals surface area contributed by atoms with E-state index in [0.29, 0.717) is 18.5 Å². The molecule has 0 radical (unpaired) electrons. The van der Waals surface area contributed by atoms with E-state index in [4.69, 9.17) is 4.52 Å². The predicted molar refractivity (Wildman–Crippen MR) is 81.1 cm³/mol. The quantitative estimate of drug-likeness (QED) is 0.860. The van der Waals surface area contributed by atoms with Gasteiger partial charge >= 0.3 is 0 Å². The summed E-state index contributed by atoms with van der Waals surface area (Å²) < 4.78 is 7.34. The Bertz CT molecular complexity index is 585. The second kappa shape index (κ2) is 6.16. The average Bonchev–Trinajstić information content (AvgIpc) is 3.11. The van der Waals surface area contributed by atoms with Crippen LogP contribution >= 0.6 is 0 Å². The van der Waals surface area contributed by atoms with Crippen LogP contribution in [0.5, 0.6) is 0 Å². The number of hydrogen-bond acceptors (Lipinski definition) is 6. The number of likely N-dealkylation sites (tertiary alicyclic amines) is 1. The second-order valence-electron chi connectivity index (χ2n) is 7.00. The zero-order valence-electron chi connectivity index (χ0n) is 13.6. The molecule has 0 bridgehead atoms. The summed E-state index contributed by atoms with van der Waals surface area (Å²) in [4.78, 5) is 11.0. The fourth-order valence-corrected chi connectivity index (χ4v) is 2.82. The van der Waals surface area contributed by atoms with E-state index >= 15 is 0 Å². The summed E-state index contributed by atoms with van der Waals surface area (Å²) in [5, 5.41) is 8.33. The van der Waals surface area contributed by atoms with E-state index in [2.05, 4.69) is 45.9 Å². The number of aromatic nitrogens is 5. The Labute approximate surface area is 130 Å². The predicted octanol–water partition coefficient (Wildman–Crippen LogP) is 2.01. The van der Waals surface area contributed by atoms with Crippen molar-refractivity contribution in [2.75, 3.05) is 6.54 Å². The van der Waals surface area contributed by atoms with Crippen molar-refractivity contribution >= 4 is 0 Å². The van der Waals surface area contributed by atoms with Gasteiger partial charge in [0.2, 0.25) is 5.89 Å². The Hall–Kier alpha value is -1.76. The number of nitrogens with zero attached hydrogens (tertiary/aromatic N) is 6. The van der Waals surface area contributed by atoms with Crippen LogP contribution in [0, 0.1) is 0 Å². The van der Waals surface area contributed by atoms with Gasteiger partial charge in [0.05, 0.1) is 13.1 Å². The first-order chi connectivity index (χ1) is 10.5. The smallest absolute Gasteiger partial charge is 0.240 e. The summed E-state index contributed by atoms with van der Waals surface area (Å²) in [6.07, 6.45) is 7.00. The van der Waals surface area contributed by atoms with Gasteiger partial charge in [-0.1, -0.05) is 32.3 Å². The van der Waals surface area contributed by atoms with Crippen LogP contribution in [0.3, 0.4) is 0 Å². The van der Waals surface area contributed by atoms with Crippen LogP contribution in [-0.2, 0) is 18.5 Å². The lowest BCUT2D eigenvalue weighted by molar-refractivity contribution is 0.108. The maximum atomic E-state index is 5.44. The molecule has 0 spiro atoms. The van der Waals surface area contributed by atoms with Crippen molar-refractivity contribution in [3.8, 4) is 0 Å². The van der Waals surface area contributed by atoms with E-state index in [1.165, 1.54) is 19.3 Å². The summed E-state index contributed by atoms with van der Waals surface area (Å²) >= 11 is 0. The lowest BCUT2D eigenvalue weighted by Crippen LogP contribution is -2.41. The highest BCUT2D eigenvalue weighted by Gasteiger charge is 2.26. The molecule has 1 aliphatic heterocycles. The van der Waals surface area contributed by atoms with Crippen molar-refractivity contribution in [2.24, 2.45) is 0 Å². The molecule has 7 heteroatoms. The molecule has 3 heterocycles. The van der Waals surface area contributed by atoms with Gasteiger partial charge < -0.3 is 4.52 Å². The first kappa shape index (κ1) is 15.1. The molecule has 22 heavy (non-hydrogen) atoms. The maximum Gasteiger partial charge on any atom is 0.240 e. The second-order valence-corrected chi connectivity index (χ2v) is 7.00. The molecule has 0 saturated carbocycles. The van der Waals surface area contributed by atoms with Gasteiger partial charge in [-0.15, -0.1) is 0 Å². The topological polar surface area (TPSA) is 72.9 Å². The van der Waals surface area contributed by atoms with E-state index in [1.54, 1.807) is 12.7 Å². The molecule has 120 valence electrons. The monoisotopic (exact) mass is 304 g/mol. The third-order valence-electron chi connectivity index (χ3n) is 4.09. The lowest BCUT2D eigenvalue weighted by atomic mass is 9.96. The summed E-state index contributed by atoms with van der Waals surface area (Å²) in [7, 11) is 0. The third-order valence-corrected chi connectivity index (χ3v) is 4.09. The van der Waals surface area contributed by atoms with Gasteiger partial charge in [0.25, 0.3) is 0 Å². The van der Waals surface area contributed by atoms with Crippen LogP contribution in [0.1, 0.15) is 51.7 Å². The third kappa shape index (κ3) is 3.52. The normalized spacial score (nSPS) is 20.4. The molecule has 1 aliphatic rings. The number of hydrogen-bond donors (Lipinski definition) is 0. The number of rotatable bonds is 4. The minimum absolute atomic E-state index is 0.0796. The van der Waals surface area contributed by atoms with Crippen LogP contribution in [0.15, 0.2) is 17.2 Å². The molecule has 3 rings (SSSR count). The molecule has 1 fully saturated rings. The van der Waals surface area contributed by atoms with Crippen LogP contribution in [0.4, 0.5) is 0 Å². The first-order valence-electron chi connectivity index (χ1n) is 7.92. The van der Waals surface area contributed by atoms with E-state index in [1.807, 2.05) is 4.68 Å². The van der Waals surface area contributed by atoms with Crippen molar-refractivity contribution in [1.82, 2.24) is 29.8 Å². The summed E-state index contributed by atoms with van der Waals surface area (Å²) in [6, 6.07) is 0.445.